The molecule has 1 aromatic rings. The molecule has 1 heterocycles. The molecule has 0 aliphatic carbocycles. The van der Waals surface area contributed by atoms with E-state index < -0.39 is 0 Å². The molecule has 1 N–H and O–H groups in total. The van der Waals surface area contributed by atoms with Gasteiger partial charge in [-0.1, -0.05) is 6.92 Å². The smallest absolute Gasteiger partial charge is 0.0666 e. The van der Waals surface area contributed by atoms with Gasteiger partial charge in [0, 0.05) is 36.6 Å². The highest BCUT2D eigenvalue weighted by Gasteiger charge is 2.15. The van der Waals surface area contributed by atoms with Crippen LogP contribution in [0, 0.1) is 0 Å². The van der Waals surface area contributed by atoms with E-state index in [4.69, 9.17) is 0 Å². The lowest BCUT2D eigenvalue weighted by Gasteiger charge is -2.22. The monoisotopic (exact) mass is 241 g/mol. The first kappa shape index (κ1) is 13.6. The highest BCUT2D eigenvalue weighted by molar-refractivity contribution is 7.99. The van der Waals surface area contributed by atoms with E-state index in [2.05, 4.69) is 43.6 Å². The van der Waals surface area contributed by atoms with E-state index >= 15 is 0 Å². The molecule has 1 rings (SSSR count). The van der Waals surface area contributed by atoms with Crippen LogP contribution in [0.25, 0.3) is 0 Å². The molecule has 0 aromatic carbocycles. The first-order valence-corrected chi connectivity index (χ1v) is 6.98. The third kappa shape index (κ3) is 3.83. The standard InChI is InChI=1S/C12H23N3S/c1-6-11-10(8-15(4)14-11)7-13-9-12(2,3)16-5/h8,13H,6-7,9H2,1-5H3. The van der Waals surface area contributed by atoms with Gasteiger partial charge >= 0.3 is 0 Å². The van der Waals surface area contributed by atoms with Gasteiger partial charge in [0.25, 0.3) is 0 Å². The Hall–Kier alpha value is -0.480. The van der Waals surface area contributed by atoms with Crippen molar-refractivity contribution in [2.24, 2.45) is 7.05 Å². The number of nitrogens with zero attached hydrogens (tertiary/aromatic N) is 2. The van der Waals surface area contributed by atoms with Gasteiger partial charge in [0.05, 0.1) is 5.69 Å². The molecule has 0 amide bonds. The zero-order valence-corrected chi connectivity index (χ0v) is 11.8. The predicted molar refractivity (Wildman–Crippen MR) is 71.9 cm³/mol. The number of hydrogen-bond donors (Lipinski definition) is 1. The number of nitrogens with one attached hydrogen (secondary N) is 1. The minimum Gasteiger partial charge on any atom is -0.311 e. The number of thioether (sulfide) groups is 1. The summed E-state index contributed by atoms with van der Waals surface area (Å²) < 4.78 is 2.20. The van der Waals surface area contributed by atoms with E-state index in [1.165, 1.54) is 11.3 Å². The van der Waals surface area contributed by atoms with Crippen LogP contribution in [0.3, 0.4) is 0 Å². The summed E-state index contributed by atoms with van der Waals surface area (Å²) in [7, 11) is 1.98. The fourth-order valence-corrected chi connectivity index (χ4v) is 1.85. The summed E-state index contributed by atoms with van der Waals surface area (Å²) in [6, 6.07) is 0. The molecule has 3 nitrogen and oxygen atoms in total. The lowest BCUT2D eigenvalue weighted by atomic mass is 10.2. The quantitative estimate of drug-likeness (QED) is 0.828. The molecular formula is C12H23N3S. The molecule has 0 saturated carbocycles. The van der Waals surface area contributed by atoms with Crippen molar-refractivity contribution in [2.75, 3.05) is 12.8 Å². The molecule has 0 radical (unpaired) electrons. The van der Waals surface area contributed by atoms with Crippen LogP contribution in [-0.2, 0) is 20.0 Å². The van der Waals surface area contributed by atoms with Gasteiger partial charge in [0.15, 0.2) is 0 Å². The molecule has 0 unspecified atom stereocenters. The Bertz CT molecular complexity index is 331. The van der Waals surface area contributed by atoms with E-state index in [0.717, 1.165) is 19.5 Å². The van der Waals surface area contributed by atoms with Crippen LogP contribution >= 0.6 is 11.8 Å². The highest BCUT2D eigenvalue weighted by Crippen LogP contribution is 2.19. The second-order valence-corrected chi connectivity index (χ2v) is 6.21. The average Bonchev–Trinajstić information content (AvgIpc) is 2.59. The zero-order chi connectivity index (χ0) is 12.2. The summed E-state index contributed by atoms with van der Waals surface area (Å²) in [6.07, 6.45) is 5.27. The molecule has 0 fully saturated rings. The van der Waals surface area contributed by atoms with Crippen molar-refractivity contribution in [2.45, 2.75) is 38.5 Å². The summed E-state index contributed by atoms with van der Waals surface area (Å²) in [4.78, 5) is 0. The van der Waals surface area contributed by atoms with Crippen LogP contribution < -0.4 is 5.32 Å². The molecule has 0 aliphatic heterocycles. The van der Waals surface area contributed by atoms with Crippen molar-refractivity contribution in [1.29, 1.82) is 0 Å². The van der Waals surface area contributed by atoms with Crippen LogP contribution in [0.4, 0.5) is 0 Å². The summed E-state index contributed by atoms with van der Waals surface area (Å²) >= 11 is 1.89. The van der Waals surface area contributed by atoms with E-state index in [9.17, 15) is 0 Å². The highest BCUT2D eigenvalue weighted by atomic mass is 32.2. The minimum absolute atomic E-state index is 0.300. The average molecular weight is 241 g/mol. The molecule has 1 aromatic heterocycles. The zero-order valence-electron chi connectivity index (χ0n) is 11.0. The lowest BCUT2D eigenvalue weighted by Crippen LogP contribution is -2.31. The first-order chi connectivity index (χ1) is 7.48. The van der Waals surface area contributed by atoms with Gasteiger partial charge in [-0.25, -0.2) is 0 Å². The van der Waals surface area contributed by atoms with E-state index in [1.807, 2.05) is 23.5 Å². The SMILES string of the molecule is CCc1nn(C)cc1CNCC(C)(C)SC. The molecule has 0 aliphatic rings. The van der Waals surface area contributed by atoms with Crippen molar-refractivity contribution >= 4 is 11.8 Å². The van der Waals surface area contributed by atoms with Crippen LogP contribution in [0.1, 0.15) is 32.0 Å². The number of hydrogen-bond acceptors (Lipinski definition) is 3. The molecule has 4 heteroatoms. The summed E-state index contributed by atoms with van der Waals surface area (Å²) in [5.41, 5.74) is 2.53. The van der Waals surface area contributed by atoms with Gasteiger partial charge in [-0.3, -0.25) is 4.68 Å². The van der Waals surface area contributed by atoms with Crippen molar-refractivity contribution in [1.82, 2.24) is 15.1 Å². The van der Waals surface area contributed by atoms with Crippen LogP contribution in [-0.4, -0.2) is 27.3 Å². The van der Waals surface area contributed by atoms with Gasteiger partial charge < -0.3 is 5.32 Å². The Balaban J connectivity index is 2.48. The topological polar surface area (TPSA) is 29.9 Å². The largest absolute Gasteiger partial charge is 0.311 e. The van der Waals surface area contributed by atoms with Crippen molar-refractivity contribution in [3.8, 4) is 0 Å². The van der Waals surface area contributed by atoms with Gasteiger partial charge in [0.2, 0.25) is 0 Å². The van der Waals surface area contributed by atoms with Crippen molar-refractivity contribution in [3.63, 3.8) is 0 Å². The van der Waals surface area contributed by atoms with Gasteiger partial charge in [0.1, 0.15) is 0 Å². The Morgan fingerprint density at radius 3 is 2.75 bits per heavy atom. The Morgan fingerprint density at radius 1 is 1.50 bits per heavy atom. The van der Waals surface area contributed by atoms with Crippen molar-refractivity contribution < 1.29 is 0 Å². The number of rotatable bonds is 6. The molecule has 0 bridgehead atoms. The molecule has 16 heavy (non-hydrogen) atoms. The van der Waals surface area contributed by atoms with Gasteiger partial charge in [-0.05, 0) is 26.5 Å². The maximum atomic E-state index is 4.44. The molecule has 92 valence electrons. The fourth-order valence-electron chi connectivity index (χ4n) is 1.60. The normalized spacial score (nSPS) is 12.1. The van der Waals surface area contributed by atoms with E-state index in [0.29, 0.717) is 4.75 Å². The van der Waals surface area contributed by atoms with E-state index in [-0.39, 0.29) is 0 Å². The maximum absolute atomic E-state index is 4.44. The molecular weight excluding hydrogens is 218 g/mol. The number of aromatic nitrogens is 2. The van der Waals surface area contributed by atoms with Crippen molar-refractivity contribution in [3.05, 3.63) is 17.5 Å². The van der Waals surface area contributed by atoms with Crippen LogP contribution in [0.15, 0.2) is 6.20 Å². The summed E-state index contributed by atoms with van der Waals surface area (Å²) in [6.45, 7) is 8.61. The Kier molecular flexibility index (Phi) is 4.87. The van der Waals surface area contributed by atoms with Crippen LogP contribution in [0.2, 0.25) is 0 Å². The first-order valence-electron chi connectivity index (χ1n) is 5.75. The molecule has 0 spiro atoms. The second kappa shape index (κ2) is 5.73. The maximum Gasteiger partial charge on any atom is 0.0666 e. The van der Waals surface area contributed by atoms with E-state index in [1.54, 1.807) is 0 Å². The van der Waals surface area contributed by atoms with Gasteiger partial charge in [-0.2, -0.15) is 16.9 Å². The molecule has 0 saturated heterocycles. The number of aryl methyl sites for hydroxylation is 2. The molecule has 0 atom stereocenters. The summed E-state index contributed by atoms with van der Waals surface area (Å²) in [5, 5.41) is 7.94. The van der Waals surface area contributed by atoms with Gasteiger partial charge in [-0.15, -0.1) is 0 Å². The van der Waals surface area contributed by atoms with Crippen LogP contribution in [0.5, 0.6) is 0 Å². The predicted octanol–water partition coefficient (Wildman–Crippen LogP) is 2.21. The fraction of sp³-hybridized carbons (Fsp3) is 0.750. The lowest BCUT2D eigenvalue weighted by molar-refractivity contribution is 0.589. The third-order valence-electron chi connectivity index (χ3n) is 2.75. The summed E-state index contributed by atoms with van der Waals surface area (Å²) in [5.74, 6) is 0. The minimum atomic E-state index is 0.300. The second-order valence-electron chi connectivity index (χ2n) is 4.70. The Morgan fingerprint density at radius 2 is 2.19 bits per heavy atom. The Labute approximate surface area is 103 Å². The third-order valence-corrected chi connectivity index (χ3v) is 3.99.